The molecule has 0 bridgehead atoms. The zero-order valence-electron chi connectivity index (χ0n) is 12.2. The Labute approximate surface area is 119 Å². The van der Waals surface area contributed by atoms with E-state index in [2.05, 4.69) is 9.88 Å². The van der Waals surface area contributed by atoms with Crippen LogP contribution in [0.2, 0.25) is 0 Å². The number of hydrogen-bond acceptors (Lipinski definition) is 4. The van der Waals surface area contributed by atoms with Crippen LogP contribution in [0.1, 0.15) is 17.0 Å². The molecule has 0 fully saturated rings. The molecule has 0 spiro atoms. The number of benzene rings is 1. The summed E-state index contributed by atoms with van der Waals surface area (Å²) in [5.74, 6) is 1.86. The quantitative estimate of drug-likeness (QED) is 0.869. The Bertz CT molecular complexity index is 566. The van der Waals surface area contributed by atoms with Gasteiger partial charge in [-0.05, 0) is 24.7 Å². The van der Waals surface area contributed by atoms with Crippen LogP contribution in [0.15, 0.2) is 30.6 Å². The zero-order chi connectivity index (χ0) is 14.5. The van der Waals surface area contributed by atoms with Crippen LogP contribution >= 0.6 is 0 Å². The van der Waals surface area contributed by atoms with E-state index in [0.29, 0.717) is 0 Å². The van der Waals surface area contributed by atoms with Crippen LogP contribution in [0.5, 0.6) is 5.75 Å². The minimum Gasteiger partial charge on any atom is -0.496 e. The summed E-state index contributed by atoms with van der Waals surface area (Å²) in [4.78, 5) is 6.49. The fourth-order valence-corrected chi connectivity index (χ4v) is 2.19. The third-order valence-corrected chi connectivity index (χ3v) is 3.30. The predicted octanol–water partition coefficient (Wildman–Crippen LogP) is 1.55. The van der Waals surface area contributed by atoms with E-state index in [4.69, 9.17) is 4.74 Å². The molecule has 5 nitrogen and oxygen atoms in total. The molecule has 0 aliphatic heterocycles. The highest BCUT2D eigenvalue weighted by Crippen LogP contribution is 2.21. The molecule has 0 saturated carbocycles. The standard InChI is InChI=1S/C15H21N3O2/c1-17(10-15-16-6-7-18(15)2)9-13-8-12(11-19)4-5-14(13)20-3/h4-8,19H,9-11H2,1-3H3. The summed E-state index contributed by atoms with van der Waals surface area (Å²) < 4.78 is 7.39. The number of aliphatic hydroxyl groups excluding tert-OH is 1. The first-order chi connectivity index (χ1) is 9.63. The van der Waals surface area contributed by atoms with E-state index in [1.807, 2.05) is 43.1 Å². The van der Waals surface area contributed by atoms with Crippen molar-refractivity contribution in [2.75, 3.05) is 14.2 Å². The van der Waals surface area contributed by atoms with Crippen molar-refractivity contribution in [2.45, 2.75) is 19.7 Å². The van der Waals surface area contributed by atoms with Gasteiger partial charge >= 0.3 is 0 Å². The number of rotatable bonds is 6. The smallest absolute Gasteiger partial charge is 0.123 e. The molecule has 1 aromatic heterocycles. The Balaban J connectivity index is 2.10. The molecule has 1 heterocycles. The van der Waals surface area contributed by atoms with Gasteiger partial charge in [0, 0.05) is 31.5 Å². The average molecular weight is 275 g/mol. The first kappa shape index (κ1) is 14.6. The number of methoxy groups -OCH3 is 1. The Morgan fingerprint density at radius 3 is 2.75 bits per heavy atom. The Morgan fingerprint density at radius 2 is 2.15 bits per heavy atom. The van der Waals surface area contributed by atoms with Gasteiger partial charge in [-0.15, -0.1) is 0 Å². The highest BCUT2D eigenvalue weighted by atomic mass is 16.5. The van der Waals surface area contributed by atoms with Crippen LogP contribution in [0.3, 0.4) is 0 Å². The van der Waals surface area contributed by atoms with E-state index in [-0.39, 0.29) is 6.61 Å². The molecule has 0 amide bonds. The molecular weight excluding hydrogens is 254 g/mol. The van der Waals surface area contributed by atoms with Crippen molar-refractivity contribution in [1.29, 1.82) is 0 Å². The fourth-order valence-electron chi connectivity index (χ4n) is 2.19. The molecule has 0 atom stereocenters. The maximum Gasteiger partial charge on any atom is 0.123 e. The second kappa shape index (κ2) is 6.54. The Morgan fingerprint density at radius 1 is 1.35 bits per heavy atom. The molecule has 0 aliphatic carbocycles. The van der Waals surface area contributed by atoms with Gasteiger partial charge in [-0.2, -0.15) is 0 Å². The number of nitrogens with zero attached hydrogens (tertiary/aromatic N) is 3. The lowest BCUT2D eigenvalue weighted by molar-refractivity contribution is 0.279. The third-order valence-electron chi connectivity index (χ3n) is 3.30. The van der Waals surface area contributed by atoms with E-state index in [0.717, 1.165) is 35.8 Å². The fraction of sp³-hybridized carbons (Fsp3) is 0.400. The molecule has 2 aromatic rings. The Kier molecular flexibility index (Phi) is 4.76. The molecule has 0 saturated heterocycles. The van der Waals surface area contributed by atoms with Gasteiger partial charge in [-0.1, -0.05) is 6.07 Å². The van der Waals surface area contributed by atoms with Gasteiger partial charge in [0.15, 0.2) is 0 Å². The largest absolute Gasteiger partial charge is 0.496 e. The summed E-state index contributed by atoms with van der Waals surface area (Å²) in [6.07, 6.45) is 3.74. The Hall–Kier alpha value is -1.85. The van der Waals surface area contributed by atoms with E-state index < -0.39 is 0 Å². The molecule has 2 rings (SSSR count). The van der Waals surface area contributed by atoms with Crippen molar-refractivity contribution in [3.05, 3.63) is 47.5 Å². The summed E-state index contributed by atoms with van der Waals surface area (Å²) >= 11 is 0. The molecule has 0 aliphatic rings. The van der Waals surface area contributed by atoms with Gasteiger partial charge in [0.25, 0.3) is 0 Å². The summed E-state index contributed by atoms with van der Waals surface area (Å²) in [5.41, 5.74) is 1.96. The van der Waals surface area contributed by atoms with E-state index in [1.54, 1.807) is 13.3 Å². The lowest BCUT2D eigenvalue weighted by Crippen LogP contribution is -2.20. The number of hydrogen-bond donors (Lipinski definition) is 1. The highest BCUT2D eigenvalue weighted by Gasteiger charge is 2.10. The van der Waals surface area contributed by atoms with Crippen molar-refractivity contribution in [2.24, 2.45) is 7.05 Å². The third kappa shape index (κ3) is 3.37. The molecule has 20 heavy (non-hydrogen) atoms. The van der Waals surface area contributed by atoms with Crippen LogP contribution in [0, 0.1) is 0 Å². The van der Waals surface area contributed by atoms with Crippen molar-refractivity contribution >= 4 is 0 Å². The van der Waals surface area contributed by atoms with Crippen molar-refractivity contribution in [3.63, 3.8) is 0 Å². The summed E-state index contributed by atoms with van der Waals surface area (Å²) in [7, 11) is 5.69. The SMILES string of the molecule is COc1ccc(CO)cc1CN(C)Cc1nccn1C. The van der Waals surface area contributed by atoms with Crippen LogP contribution in [0.4, 0.5) is 0 Å². The topological polar surface area (TPSA) is 50.5 Å². The molecule has 0 radical (unpaired) electrons. The lowest BCUT2D eigenvalue weighted by Gasteiger charge is -2.18. The lowest BCUT2D eigenvalue weighted by atomic mass is 10.1. The molecule has 5 heteroatoms. The van der Waals surface area contributed by atoms with Gasteiger partial charge in [0.1, 0.15) is 11.6 Å². The van der Waals surface area contributed by atoms with Gasteiger partial charge < -0.3 is 14.4 Å². The highest BCUT2D eigenvalue weighted by molar-refractivity contribution is 5.37. The minimum atomic E-state index is 0.0417. The van der Waals surface area contributed by atoms with Gasteiger partial charge in [0.2, 0.25) is 0 Å². The second-order valence-corrected chi connectivity index (χ2v) is 4.93. The second-order valence-electron chi connectivity index (χ2n) is 4.93. The monoisotopic (exact) mass is 275 g/mol. The number of aromatic nitrogens is 2. The normalized spacial score (nSPS) is 11.1. The maximum atomic E-state index is 9.24. The molecular formula is C15H21N3O2. The molecule has 108 valence electrons. The van der Waals surface area contributed by atoms with Crippen LogP contribution in [-0.2, 0) is 26.7 Å². The number of aryl methyl sites for hydroxylation is 1. The number of aliphatic hydroxyl groups is 1. The predicted molar refractivity (Wildman–Crippen MR) is 77.3 cm³/mol. The van der Waals surface area contributed by atoms with Gasteiger partial charge in [-0.3, -0.25) is 4.90 Å². The summed E-state index contributed by atoms with van der Waals surface area (Å²) in [5, 5.41) is 9.24. The first-order valence-corrected chi connectivity index (χ1v) is 6.55. The summed E-state index contributed by atoms with van der Waals surface area (Å²) in [6, 6.07) is 5.75. The van der Waals surface area contributed by atoms with Crippen molar-refractivity contribution in [3.8, 4) is 5.75 Å². The van der Waals surface area contributed by atoms with E-state index in [9.17, 15) is 5.11 Å². The minimum absolute atomic E-state index is 0.0417. The molecule has 1 aromatic carbocycles. The average Bonchev–Trinajstić information content (AvgIpc) is 2.84. The van der Waals surface area contributed by atoms with Gasteiger partial charge in [-0.25, -0.2) is 4.98 Å². The molecule has 0 unspecified atom stereocenters. The van der Waals surface area contributed by atoms with Gasteiger partial charge in [0.05, 0.1) is 20.3 Å². The number of ether oxygens (including phenoxy) is 1. The zero-order valence-corrected chi connectivity index (χ0v) is 12.2. The van der Waals surface area contributed by atoms with Crippen molar-refractivity contribution in [1.82, 2.24) is 14.5 Å². The van der Waals surface area contributed by atoms with Crippen molar-refractivity contribution < 1.29 is 9.84 Å². The van der Waals surface area contributed by atoms with E-state index in [1.165, 1.54) is 0 Å². The van der Waals surface area contributed by atoms with Crippen LogP contribution in [-0.4, -0.2) is 33.7 Å². The van der Waals surface area contributed by atoms with Crippen LogP contribution in [0.25, 0.3) is 0 Å². The van der Waals surface area contributed by atoms with Crippen LogP contribution < -0.4 is 4.74 Å². The number of imidazole rings is 1. The molecule has 1 N–H and O–H groups in total. The van der Waals surface area contributed by atoms with E-state index >= 15 is 0 Å². The maximum absolute atomic E-state index is 9.24. The summed E-state index contributed by atoms with van der Waals surface area (Å²) in [6.45, 7) is 1.54. The first-order valence-electron chi connectivity index (χ1n) is 6.55.